The van der Waals surface area contributed by atoms with Crippen LogP contribution in [0.15, 0.2) is 29.6 Å². The van der Waals surface area contributed by atoms with Gasteiger partial charge in [-0.25, -0.2) is 4.79 Å². The van der Waals surface area contributed by atoms with Crippen molar-refractivity contribution in [1.29, 1.82) is 0 Å². The Morgan fingerprint density at radius 1 is 1.33 bits per heavy atom. The molecule has 0 atom stereocenters. The van der Waals surface area contributed by atoms with Crippen molar-refractivity contribution in [3.63, 3.8) is 0 Å². The monoisotopic (exact) mass is 306 g/mol. The van der Waals surface area contributed by atoms with Gasteiger partial charge in [0.05, 0.1) is 10.5 Å². The van der Waals surface area contributed by atoms with Crippen LogP contribution in [0.25, 0.3) is 0 Å². The van der Waals surface area contributed by atoms with Crippen LogP contribution in [-0.4, -0.2) is 21.9 Å². The Morgan fingerprint density at radius 3 is 2.67 bits per heavy atom. The van der Waals surface area contributed by atoms with E-state index in [4.69, 9.17) is 5.11 Å². The molecule has 0 aliphatic heterocycles. The van der Waals surface area contributed by atoms with Gasteiger partial charge in [-0.15, -0.1) is 11.3 Å². The van der Waals surface area contributed by atoms with Gasteiger partial charge in [-0.3, -0.25) is 14.9 Å². The van der Waals surface area contributed by atoms with Crippen LogP contribution in [0, 0.1) is 17.0 Å². The molecule has 21 heavy (non-hydrogen) atoms. The van der Waals surface area contributed by atoms with E-state index in [1.165, 1.54) is 23.6 Å². The molecule has 1 aromatic carbocycles. The van der Waals surface area contributed by atoms with E-state index in [9.17, 15) is 19.7 Å². The first-order chi connectivity index (χ1) is 9.91. The summed E-state index contributed by atoms with van der Waals surface area (Å²) in [5.41, 5.74) is -0.00658. The van der Waals surface area contributed by atoms with Crippen LogP contribution in [-0.2, 0) is 0 Å². The number of hydrogen-bond acceptors (Lipinski definition) is 5. The topological polar surface area (TPSA) is 110 Å². The van der Waals surface area contributed by atoms with E-state index in [1.807, 2.05) is 0 Å². The third kappa shape index (κ3) is 2.90. The van der Waals surface area contributed by atoms with Crippen molar-refractivity contribution >= 4 is 33.9 Å². The second-order valence-corrected chi connectivity index (χ2v) is 5.06. The molecule has 0 saturated heterocycles. The van der Waals surface area contributed by atoms with Crippen molar-refractivity contribution in [2.24, 2.45) is 0 Å². The summed E-state index contributed by atoms with van der Waals surface area (Å²) in [5, 5.41) is 24.1. The van der Waals surface area contributed by atoms with Gasteiger partial charge in [-0.2, -0.15) is 0 Å². The van der Waals surface area contributed by atoms with Gasteiger partial charge in [0.25, 0.3) is 11.6 Å². The minimum Gasteiger partial charge on any atom is -0.478 e. The van der Waals surface area contributed by atoms with E-state index in [0.717, 1.165) is 11.3 Å². The number of benzene rings is 1. The average molecular weight is 306 g/mol. The zero-order chi connectivity index (χ0) is 15.6. The summed E-state index contributed by atoms with van der Waals surface area (Å²) >= 11 is 1.04. The molecule has 0 spiro atoms. The molecule has 0 radical (unpaired) electrons. The molecule has 2 rings (SSSR count). The molecule has 2 aromatic rings. The summed E-state index contributed by atoms with van der Waals surface area (Å²) in [6.45, 7) is 1.58. The number of anilines is 1. The third-order valence-electron chi connectivity index (χ3n) is 2.80. The van der Waals surface area contributed by atoms with Crippen molar-refractivity contribution in [2.45, 2.75) is 6.92 Å². The number of carboxylic acids is 1. The maximum atomic E-state index is 12.2. The summed E-state index contributed by atoms with van der Waals surface area (Å²) in [7, 11) is 0. The number of hydrogen-bond donors (Lipinski definition) is 2. The van der Waals surface area contributed by atoms with Crippen LogP contribution in [0.2, 0.25) is 0 Å². The Hall–Kier alpha value is -2.74. The van der Waals surface area contributed by atoms with Crippen molar-refractivity contribution < 1.29 is 19.6 Å². The molecule has 8 heteroatoms. The van der Waals surface area contributed by atoms with Crippen molar-refractivity contribution in [2.75, 3.05) is 5.32 Å². The van der Waals surface area contributed by atoms with Crippen LogP contribution in [0.4, 0.5) is 10.7 Å². The number of nitrogens with one attached hydrogen (secondary N) is 1. The predicted molar refractivity (Wildman–Crippen MR) is 77.1 cm³/mol. The van der Waals surface area contributed by atoms with Gasteiger partial charge in [0, 0.05) is 6.07 Å². The number of carboxylic acid groups (broad SMARTS) is 1. The van der Waals surface area contributed by atoms with Crippen molar-refractivity contribution in [3.05, 3.63) is 56.5 Å². The number of rotatable bonds is 4. The first-order valence-corrected chi connectivity index (χ1v) is 6.66. The normalized spacial score (nSPS) is 10.1. The van der Waals surface area contributed by atoms with E-state index >= 15 is 0 Å². The van der Waals surface area contributed by atoms with Gasteiger partial charge in [0.15, 0.2) is 0 Å². The number of carbonyl (C=O) groups excluding carboxylic acids is 1. The van der Waals surface area contributed by atoms with Gasteiger partial charge >= 0.3 is 5.97 Å². The molecule has 0 aliphatic carbocycles. The predicted octanol–water partition coefficient (Wildman–Crippen LogP) is 2.92. The molecular formula is C13H10N2O5S. The van der Waals surface area contributed by atoms with Gasteiger partial charge in [-0.05, 0) is 23.9 Å². The summed E-state index contributed by atoms with van der Waals surface area (Å²) in [4.78, 5) is 33.6. The first kappa shape index (κ1) is 14.7. The Bertz CT molecular complexity index is 738. The highest BCUT2D eigenvalue weighted by atomic mass is 32.1. The fourth-order valence-electron chi connectivity index (χ4n) is 1.84. The fourth-order valence-corrected chi connectivity index (χ4v) is 2.61. The lowest BCUT2D eigenvalue weighted by Crippen LogP contribution is -2.16. The fraction of sp³-hybridized carbons (Fsp3) is 0.0769. The third-order valence-corrected chi connectivity index (χ3v) is 3.63. The molecule has 1 aromatic heterocycles. The summed E-state index contributed by atoms with van der Waals surface area (Å²) in [6.07, 6.45) is 0. The van der Waals surface area contributed by atoms with Crippen LogP contribution in [0.3, 0.4) is 0 Å². The van der Waals surface area contributed by atoms with Crippen LogP contribution < -0.4 is 5.32 Å². The van der Waals surface area contributed by atoms with Crippen LogP contribution in [0.5, 0.6) is 0 Å². The zero-order valence-electron chi connectivity index (χ0n) is 10.8. The second-order valence-electron chi connectivity index (χ2n) is 4.15. The quantitative estimate of drug-likeness (QED) is 0.666. The highest BCUT2D eigenvalue weighted by molar-refractivity contribution is 7.14. The second kappa shape index (κ2) is 5.71. The van der Waals surface area contributed by atoms with Gasteiger partial charge in [0.2, 0.25) is 0 Å². The number of amides is 1. The molecule has 0 unspecified atom stereocenters. The number of aromatic carboxylic acids is 1. The van der Waals surface area contributed by atoms with Gasteiger partial charge < -0.3 is 10.4 Å². The molecule has 7 nitrogen and oxygen atoms in total. The number of thiophene rings is 1. The molecular weight excluding hydrogens is 296 g/mol. The molecule has 108 valence electrons. The average Bonchev–Trinajstić information content (AvgIpc) is 2.86. The minimum absolute atomic E-state index is 0.0513. The summed E-state index contributed by atoms with van der Waals surface area (Å²) in [5.74, 6) is -1.88. The smallest absolute Gasteiger partial charge is 0.338 e. The van der Waals surface area contributed by atoms with E-state index in [0.29, 0.717) is 5.56 Å². The van der Waals surface area contributed by atoms with Crippen LogP contribution >= 0.6 is 11.3 Å². The number of carbonyl (C=O) groups is 2. The summed E-state index contributed by atoms with van der Waals surface area (Å²) < 4.78 is 0. The van der Waals surface area contributed by atoms with E-state index in [2.05, 4.69) is 5.32 Å². The molecule has 1 heterocycles. The van der Waals surface area contributed by atoms with Gasteiger partial charge in [-0.1, -0.05) is 12.1 Å². The first-order valence-electron chi connectivity index (χ1n) is 5.78. The lowest BCUT2D eigenvalue weighted by atomic mass is 10.1. The number of nitro benzene ring substituents is 1. The Kier molecular flexibility index (Phi) is 3.99. The standard InChI is InChI=1S/C13H10N2O5S/c1-7-3-2-4-9(15(19)20)10(7)11(16)14-12-8(13(17)18)5-6-21-12/h2-6H,1H3,(H,14,16)(H,17,18). The summed E-state index contributed by atoms with van der Waals surface area (Å²) in [6, 6.07) is 5.65. The molecule has 0 bridgehead atoms. The van der Waals surface area contributed by atoms with Gasteiger partial charge in [0.1, 0.15) is 10.6 Å². The van der Waals surface area contributed by atoms with Crippen molar-refractivity contribution in [1.82, 2.24) is 0 Å². The largest absolute Gasteiger partial charge is 0.478 e. The van der Waals surface area contributed by atoms with E-state index in [-0.39, 0.29) is 21.8 Å². The van der Waals surface area contributed by atoms with Crippen molar-refractivity contribution in [3.8, 4) is 0 Å². The SMILES string of the molecule is Cc1cccc([N+](=O)[O-])c1C(=O)Nc1sccc1C(=O)O. The highest BCUT2D eigenvalue weighted by Gasteiger charge is 2.24. The molecule has 0 aliphatic rings. The maximum Gasteiger partial charge on any atom is 0.338 e. The zero-order valence-corrected chi connectivity index (χ0v) is 11.6. The Balaban J connectivity index is 2.40. The molecule has 0 fully saturated rings. The highest BCUT2D eigenvalue weighted by Crippen LogP contribution is 2.27. The Morgan fingerprint density at radius 2 is 2.05 bits per heavy atom. The van der Waals surface area contributed by atoms with E-state index in [1.54, 1.807) is 13.0 Å². The molecule has 1 amide bonds. The lowest BCUT2D eigenvalue weighted by Gasteiger charge is -2.07. The van der Waals surface area contributed by atoms with Crippen LogP contribution in [0.1, 0.15) is 26.3 Å². The minimum atomic E-state index is -1.18. The number of aryl methyl sites for hydroxylation is 1. The van der Waals surface area contributed by atoms with E-state index < -0.39 is 16.8 Å². The molecule has 0 saturated carbocycles. The maximum absolute atomic E-state index is 12.2. The number of nitrogens with zero attached hydrogens (tertiary/aromatic N) is 1. The molecule has 2 N–H and O–H groups in total. The lowest BCUT2D eigenvalue weighted by molar-refractivity contribution is -0.385. The Labute approximate surface area is 123 Å². The number of nitro groups is 1.